The highest BCUT2D eigenvalue weighted by Crippen LogP contribution is 2.23. The lowest BCUT2D eigenvalue weighted by Gasteiger charge is -2.28. The standard InChI is InChI=1S/C17H36N2O2/c1-4-20-14-12-19(13-15-21-5-2)11-10-18-17-8-6-16(3)7-9-17/h16-18H,4-15H2,1-3H3. The Morgan fingerprint density at radius 2 is 1.48 bits per heavy atom. The first-order valence-electron chi connectivity index (χ1n) is 8.87. The number of nitrogens with zero attached hydrogens (tertiary/aromatic N) is 1. The van der Waals surface area contributed by atoms with Gasteiger partial charge in [0.1, 0.15) is 0 Å². The number of hydrogen-bond acceptors (Lipinski definition) is 4. The van der Waals surface area contributed by atoms with Crippen molar-refractivity contribution in [3.63, 3.8) is 0 Å². The first kappa shape index (κ1) is 18.9. The summed E-state index contributed by atoms with van der Waals surface area (Å²) in [4.78, 5) is 2.45. The van der Waals surface area contributed by atoms with Gasteiger partial charge in [0.25, 0.3) is 0 Å². The average Bonchev–Trinajstić information content (AvgIpc) is 2.49. The molecule has 0 saturated heterocycles. The highest BCUT2D eigenvalue weighted by atomic mass is 16.5. The van der Waals surface area contributed by atoms with Crippen LogP contribution in [0.15, 0.2) is 0 Å². The van der Waals surface area contributed by atoms with Crippen molar-refractivity contribution in [3.05, 3.63) is 0 Å². The van der Waals surface area contributed by atoms with Crippen LogP contribution in [-0.4, -0.2) is 63.5 Å². The van der Waals surface area contributed by atoms with Gasteiger partial charge >= 0.3 is 0 Å². The Morgan fingerprint density at radius 3 is 2.00 bits per heavy atom. The van der Waals surface area contributed by atoms with Crippen molar-refractivity contribution in [2.75, 3.05) is 52.6 Å². The molecule has 1 N–H and O–H groups in total. The minimum absolute atomic E-state index is 0.738. The van der Waals surface area contributed by atoms with E-state index in [9.17, 15) is 0 Å². The Kier molecular flexibility index (Phi) is 11.1. The maximum absolute atomic E-state index is 5.48. The third kappa shape index (κ3) is 9.46. The van der Waals surface area contributed by atoms with Gasteiger partial charge in [0.05, 0.1) is 13.2 Å². The molecule has 0 aliphatic heterocycles. The molecule has 126 valence electrons. The molecule has 1 aliphatic rings. The Balaban J connectivity index is 2.14. The molecule has 0 radical (unpaired) electrons. The molecule has 0 heterocycles. The lowest BCUT2D eigenvalue weighted by Crippen LogP contribution is -2.41. The highest BCUT2D eigenvalue weighted by Gasteiger charge is 2.17. The van der Waals surface area contributed by atoms with Crippen molar-refractivity contribution in [3.8, 4) is 0 Å². The van der Waals surface area contributed by atoms with Crippen LogP contribution in [0.25, 0.3) is 0 Å². The van der Waals surface area contributed by atoms with Gasteiger partial charge in [-0.1, -0.05) is 6.92 Å². The summed E-state index contributed by atoms with van der Waals surface area (Å²) in [6.45, 7) is 13.9. The van der Waals surface area contributed by atoms with E-state index in [1.807, 2.05) is 0 Å². The van der Waals surface area contributed by atoms with Crippen LogP contribution in [0.2, 0.25) is 0 Å². The van der Waals surface area contributed by atoms with Gasteiger partial charge in [0, 0.05) is 45.4 Å². The number of nitrogens with one attached hydrogen (secondary N) is 1. The van der Waals surface area contributed by atoms with Crippen LogP contribution in [0, 0.1) is 5.92 Å². The van der Waals surface area contributed by atoms with Gasteiger partial charge in [-0.3, -0.25) is 4.90 Å². The molecule has 0 aromatic carbocycles. The largest absolute Gasteiger partial charge is 0.380 e. The third-order valence-electron chi connectivity index (χ3n) is 4.39. The molecule has 1 fully saturated rings. The molecule has 0 bridgehead atoms. The second-order valence-electron chi connectivity index (χ2n) is 6.15. The minimum Gasteiger partial charge on any atom is -0.380 e. The second-order valence-corrected chi connectivity index (χ2v) is 6.15. The van der Waals surface area contributed by atoms with Crippen molar-refractivity contribution in [1.82, 2.24) is 10.2 Å². The average molecular weight is 300 g/mol. The zero-order valence-corrected chi connectivity index (χ0v) is 14.4. The van der Waals surface area contributed by atoms with E-state index in [4.69, 9.17) is 9.47 Å². The number of ether oxygens (including phenoxy) is 2. The van der Waals surface area contributed by atoms with Gasteiger partial charge in [0.15, 0.2) is 0 Å². The summed E-state index contributed by atoms with van der Waals surface area (Å²) < 4.78 is 11.0. The number of hydrogen-bond donors (Lipinski definition) is 1. The van der Waals surface area contributed by atoms with Gasteiger partial charge in [-0.2, -0.15) is 0 Å². The molecule has 0 aromatic rings. The molecule has 0 spiro atoms. The van der Waals surface area contributed by atoms with E-state index in [-0.39, 0.29) is 0 Å². The van der Waals surface area contributed by atoms with E-state index >= 15 is 0 Å². The highest BCUT2D eigenvalue weighted by molar-refractivity contribution is 4.75. The summed E-state index contributed by atoms with van der Waals surface area (Å²) in [6, 6.07) is 0.738. The molecule has 0 unspecified atom stereocenters. The zero-order chi connectivity index (χ0) is 15.3. The molecule has 4 nitrogen and oxygen atoms in total. The molecule has 1 rings (SSSR count). The van der Waals surface area contributed by atoms with Crippen molar-refractivity contribution < 1.29 is 9.47 Å². The van der Waals surface area contributed by atoms with Crippen LogP contribution >= 0.6 is 0 Å². The molecule has 21 heavy (non-hydrogen) atoms. The molecular weight excluding hydrogens is 264 g/mol. The maximum Gasteiger partial charge on any atom is 0.0593 e. The maximum atomic E-state index is 5.48. The molecule has 1 saturated carbocycles. The minimum atomic E-state index is 0.738. The van der Waals surface area contributed by atoms with Crippen LogP contribution < -0.4 is 5.32 Å². The second kappa shape index (κ2) is 12.4. The number of rotatable bonds is 12. The summed E-state index contributed by atoms with van der Waals surface area (Å²) in [6.07, 6.45) is 5.46. The molecule has 0 amide bonds. The normalized spacial score (nSPS) is 22.9. The Bertz CT molecular complexity index is 221. The lowest BCUT2D eigenvalue weighted by atomic mass is 9.87. The van der Waals surface area contributed by atoms with Crippen molar-refractivity contribution in [2.45, 2.75) is 52.5 Å². The lowest BCUT2D eigenvalue weighted by molar-refractivity contribution is 0.0826. The van der Waals surface area contributed by atoms with Crippen LogP contribution in [0.5, 0.6) is 0 Å². The fourth-order valence-electron chi connectivity index (χ4n) is 2.90. The molecule has 0 atom stereocenters. The van der Waals surface area contributed by atoms with E-state index in [0.29, 0.717) is 0 Å². The summed E-state index contributed by atoms with van der Waals surface area (Å²) in [5.74, 6) is 0.928. The summed E-state index contributed by atoms with van der Waals surface area (Å²) in [5.41, 5.74) is 0. The van der Waals surface area contributed by atoms with E-state index < -0.39 is 0 Å². The topological polar surface area (TPSA) is 33.7 Å². The summed E-state index contributed by atoms with van der Waals surface area (Å²) in [7, 11) is 0. The van der Waals surface area contributed by atoms with E-state index in [1.165, 1.54) is 25.7 Å². The predicted octanol–water partition coefficient (Wildman–Crippen LogP) is 2.53. The Morgan fingerprint density at radius 1 is 0.905 bits per heavy atom. The van der Waals surface area contributed by atoms with E-state index in [1.54, 1.807) is 0 Å². The van der Waals surface area contributed by atoms with Crippen LogP contribution in [0.3, 0.4) is 0 Å². The van der Waals surface area contributed by atoms with Crippen molar-refractivity contribution in [1.29, 1.82) is 0 Å². The summed E-state index contributed by atoms with van der Waals surface area (Å²) in [5, 5.41) is 3.73. The third-order valence-corrected chi connectivity index (χ3v) is 4.39. The van der Waals surface area contributed by atoms with E-state index in [2.05, 4.69) is 31.0 Å². The van der Waals surface area contributed by atoms with Gasteiger partial charge in [-0.15, -0.1) is 0 Å². The zero-order valence-electron chi connectivity index (χ0n) is 14.4. The van der Waals surface area contributed by atoms with Crippen molar-refractivity contribution >= 4 is 0 Å². The van der Waals surface area contributed by atoms with Gasteiger partial charge in [-0.25, -0.2) is 0 Å². The molecule has 4 heteroatoms. The van der Waals surface area contributed by atoms with Crippen molar-refractivity contribution in [2.24, 2.45) is 5.92 Å². The van der Waals surface area contributed by atoms with Gasteiger partial charge in [0.2, 0.25) is 0 Å². The fraction of sp³-hybridized carbons (Fsp3) is 1.00. The van der Waals surface area contributed by atoms with Gasteiger partial charge in [-0.05, 0) is 45.4 Å². The quantitative estimate of drug-likeness (QED) is 0.562. The Labute approximate surface area is 131 Å². The monoisotopic (exact) mass is 300 g/mol. The molecular formula is C17H36N2O2. The predicted molar refractivity (Wildman–Crippen MR) is 88.8 cm³/mol. The van der Waals surface area contributed by atoms with Crippen LogP contribution in [0.4, 0.5) is 0 Å². The SMILES string of the molecule is CCOCCN(CCNC1CCC(C)CC1)CCOCC. The smallest absolute Gasteiger partial charge is 0.0593 e. The summed E-state index contributed by atoms with van der Waals surface area (Å²) >= 11 is 0. The fourth-order valence-corrected chi connectivity index (χ4v) is 2.90. The van der Waals surface area contributed by atoms with E-state index in [0.717, 1.165) is 64.6 Å². The molecule has 1 aliphatic carbocycles. The van der Waals surface area contributed by atoms with Gasteiger partial charge < -0.3 is 14.8 Å². The Hall–Kier alpha value is -0.160. The molecule has 0 aromatic heterocycles. The van der Waals surface area contributed by atoms with Crippen LogP contribution in [-0.2, 0) is 9.47 Å². The first-order chi connectivity index (χ1) is 10.3. The first-order valence-corrected chi connectivity index (χ1v) is 8.87. The van der Waals surface area contributed by atoms with Crippen LogP contribution in [0.1, 0.15) is 46.5 Å².